The van der Waals surface area contributed by atoms with Crippen molar-refractivity contribution in [2.45, 2.75) is 40.2 Å². The smallest absolute Gasteiger partial charge is 0.295 e. The highest BCUT2D eigenvalue weighted by molar-refractivity contribution is 7.10. The number of nitrogens with zero attached hydrogens (tertiary/aromatic N) is 1. The Labute approximate surface area is 169 Å². The molecule has 0 bridgehead atoms. The Kier molecular flexibility index (Phi) is 5.61. The Bertz CT molecular complexity index is 973. The van der Waals surface area contributed by atoms with Crippen LogP contribution in [0.25, 0.3) is 5.76 Å². The van der Waals surface area contributed by atoms with Gasteiger partial charge in [-0.3, -0.25) is 9.59 Å². The van der Waals surface area contributed by atoms with E-state index in [1.165, 1.54) is 11.3 Å². The zero-order valence-electron chi connectivity index (χ0n) is 16.8. The summed E-state index contributed by atoms with van der Waals surface area (Å²) in [6.45, 7) is 8.12. The SMILES string of the molecule is CCCN1C(=O)C(=O)/C(=C(/O)c2cc(C)c(OC)cc2C)C1c1sccc1C. The van der Waals surface area contributed by atoms with Crippen molar-refractivity contribution < 1.29 is 19.4 Å². The molecule has 1 amide bonds. The molecule has 5 nitrogen and oxygen atoms in total. The third-order valence-electron chi connectivity index (χ3n) is 5.15. The van der Waals surface area contributed by atoms with E-state index in [1.54, 1.807) is 18.1 Å². The van der Waals surface area contributed by atoms with E-state index >= 15 is 0 Å². The van der Waals surface area contributed by atoms with Crippen molar-refractivity contribution in [1.29, 1.82) is 0 Å². The maximum atomic E-state index is 12.9. The number of amides is 1. The molecule has 28 heavy (non-hydrogen) atoms. The second kappa shape index (κ2) is 7.80. The molecule has 1 unspecified atom stereocenters. The van der Waals surface area contributed by atoms with Gasteiger partial charge in [-0.1, -0.05) is 6.92 Å². The molecule has 1 fully saturated rings. The average Bonchev–Trinajstić information content (AvgIpc) is 3.19. The quantitative estimate of drug-likeness (QED) is 0.456. The molecule has 0 aliphatic carbocycles. The van der Waals surface area contributed by atoms with Gasteiger partial charge in [0.15, 0.2) is 0 Å². The number of Topliss-reactive ketones (excluding diaryl/α,β-unsaturated/α-hetero) is 1. The highest BCUT2D eigenvalue weighted by Crippen LogP contribution is 2.43. The Hall–Kier alpha value is -2.60. The van der Waals surface area contributed by atoms with Gasteiger partial charge in [-0.05, 0) is 67.5 Å². The van der Waals surface area contributed by atoms with Gasteiger partial charge in [-0.2, -0.15) is 0 Å². The summed E-state index contributed by atoms with van der Waals surface area (Å²) >= 11 is 1.50. The zero-order chi connectivity index (χ0) is 20.6. The fraction of sp³-hybridized carbons (Fsp3) is 0.364. The number of aliphatic hydroxyl groups is 1. The van der Waals surface area contributed by atoms with Crippen LogP contribution in [0.1, 0.15) is 46.5 Å². The Balaban J connectivity index is 2.24. The highest BCUT2D eigenvalue weighted by Gasteiger charge is 2.46. The van der Waals surface area contributed by atoms with E-state index in [1.807, 2.05) is 45.2 Å². The number of benzene rings is 1. The molecule has 1 aliphatic heterocycles. The van der Waals surface area contributed by atoms with Gasteiger partial charge in [-0.25, -0.2) is 0 Å². The van der Waals surface area contributed by atoms with Crippen LogP contribution in [0, 0.1) is 20.8 Å². The summed E-state index contributed by atoms with van der Waals surface area (Å²) in [4.78, 5) is 28.1. The van der Waals surface area contributed by atoms with Crippen LogP contribution in [0.3, 0.4) is 0 Å². The van der Waals surface area contributed by atoms with Gasteiger partial charge in [0.05, 0.1) is 18.7 Å². The number of ether oxygens (including phenoxy) is 1. The normalized spacial score (nSPS) is 18.8. The molecular weight excluding hydrogens is 374 g/mol. The van der Waals surface area contributed by atoms with E-state index in [0.29, 0.717) is 17.9 Å². The maximum Gasteiger partial charge on any atom is 0.295 e. The van der Waals surface area contributed by atoms with Crippen LogP contribution >= 0.6 is 11.3 Å². The molecule has 6 heteroatoms. The van der Waals surface area contributed by atoms with Gasteiger partial charge >= 0.3 is 0 Å². The van der Waals surface area contributed by atoms with Gasteiger partial charge < -0.3 is 14.7 Å². The molecule has 0 radical (unpaired) electrons. The van der Waals surface area contributed by atoms with E-state index in [0.717, 1.165) is 28.0 Å². The van der Waals surface area contributed by atoms with Crippen LogP contribution in [0.15, 0.2) is 29.2 Å². The largest absolute Gasteiger partial charge is 0.507 e. The van der Waals surface area contributed by atoms with E-state index in [9.17, 15) is 14.7 Å². The number of hydrogen-bond donors (Lipinski definition) is 1. The van der Waals surface area contributed by atoms with E-state index in [-0.39, 0.29) is 11.3 Å². The van der Waals surface area contributed by atoms with Crippen LogP contribution in [0.5, 0.6) is 5.75 Å². The Morgan fingerprint density at radius 3 is 2.46 bits per heavy atom. The summed E-state index contributed by atoms with van der Waals surface area (Å²) in [7, 11) is 1.59. The third-order valence-corrected chi connectivity index (χ3v) is 6.22. The molecule has 0 spiro atoms. The zero-order valence-corrected chi connectivity index (χ0v) is 17.6. The Morgan fingerprint density at radius 1 is 1.18 bits per heavy atom. The number of likely N-dealkylation sites (tertiary alicyclic amines) is 1. The van der Waals surface area contributed by atoms with Crippen LogP contribution < -0.4 is 4.74 Å². The van der Waals surface area contributed by atoms with Gasteiger partial charge in [0, 0.05) is 17.0 Å². The van der Waals surface area contributed by atoms with Crippen molar-refractivity contribution in [2.75, 3.05) is 13.7 Å². The number of methoxy groups -OCH3 is 1. The fourth-order valence-electron chi connectivity index (χ4n) is 3.70. The summed E-state index contributed by atoms with van der Waals surface area (Å²) in [6.07, 6.45) is 0.731. The summed E-state index contributed by atoms with van der Waals surface area (Å²) in [5, 5.41) is 13.1. The first-order valence-corrected chi connectivity index (χ1v) is 10.2. The molecule has 2 heterocycles. The number of carbonyl (C=O) groups excluding carboxylic acids is 2. The van der Waals surface area contributed by atoms with Crippen LogP contribution in [-0.4, -0.2) is 35.4 Å². The molecule has 1 N–H and O–H groups in total. The molecule has 1 aromatic heterocycles. The molecule has 148 valence electrons. The van der Waals surface area contributed by atoms with Crippen LogP contribution in [0.2, 0.25) is 0 Å². The number of thiophene rings is 1. The van der Waals surface area contributed by atoms with Crippen molar-refractivity contribution in [3.05, 3.63) is 56.3 Å². The number of aryl methyl sites for hydroxylation is 3. The predicted molar refractivity (Wildman–Crippen MR) is 111 cm³/mol. The van der Waals surface area contributed by atoms with Gasteiger partial charge in [0.2, 0.25) is 0 Å². The first-order chi connectivity index (χ1) is 13.3. The lowest BCUT2D eigenvalue weighted by Crippen LogP contribution is -2.30. The minimum atomic E-state index is -0.628. The number of ketones is 1. The van der Waals surface area contributed by atoms with Crippen molar-refractivity contribution >= 4 is 28.8 Å². The average molecular weight is 400 g/mol. The molecule has 1 aromatic carbocycles. The standard InChI is InChI=1S/C22H25NO4S/c1-6-8-23-18(21-12(2)7-9-28-21)17(20(25)22(23)26)19(24)15-10-14(4)16(27-5)11-13(15)3/h7,9-11,18,24H,6,8H2,1-5H3/b19-17+. The molecule has 0 saturated carbocycles. The van der Waals surface area contributed by atoms with Crippen molar-refractivity contribution in [1.82, 2.24) is 4.90 Å². The summed E-state index contributed by atoms with van der Waals surface area (Å²) < 4.78 is 5.34. The lowest BCUT2D eigenvalue weighted by molar-refractivity contribution is -0.139. The predicted octanol–water partition coefficient (Wildman–Crippen LogP) is 4.51. The number of aliphatic hydroxyl groups excluding tert-OH is 1. The minimum absolute atomic E-state index is 0.127. The lowest BCUT2D eigenvalue weighted by atomic mass is 9.95. The van der Waals surface area contributed by atoms with Crippen LogP contribution in [0.4, 0.5) is 0 Å². The van der Waals surface area contributed by atoms with Crippen LogP contribution in [-0.2, 0) is 9.59 Å². The summed E-state index contributed by atoms with van der Waals surface area (Å²) in [6, 6.07) is 5.05. The van der Waals surface area contributed by atoms with Crippen molar-refractivity contribution in [3.63, 3.8) is 0 Å². The summed E-state index contributed by atoms with van der Waals surface area (Å²) in [5.41, 5.74) is 3.35. The minimum Gasteiger partial charge on any atom is -0.507 e. The first kappa shape index (κ1) is 20.1. The topological polar surface area (TPSA) is 66.8 Å². The molecule has 3 rings (SSSR count). The molecule has 1 atom stereocenters. The van der Waals surface area contributed by atoms with Gasteiger partial charge in [-0.15, -0.1) is 11.3 Å². The fourth-order valence-corrected chi connectivity index (χ4v) is 4.75. The second-order valence-electron chi connectivity index (χ2n) is 7.10. The monoisotopic (exact) mass is 399 g/mol. The number of hydrogen-bond acceptors (Lipinski definition) is 5. The van der Waals surface area contributed by atoms with Gasteiger partial charge in [0.25, 0.3) is 11.7 Å². The maximum absolute atomic E-state index is 12.9. The lowest BCUT2D eigenvalue weighted by Gasteiger charge is -2.24. The van der Waals surface area contributed by atoms with Gasteiger partial charge in [0.1, 0.15) is 11.5 Å². The molecular formula is C22H25NO4S. The second-order valence-corrected chi connectivity index (χ2v) is 8.04. The third kappa shape index (κ3) is 3.22. The van der Waals surface area contributed by atoms with E-state index in [2.05, 4.69) is 0 Å². The number of carbonyl (C=O) groups is 2. The van der Waals surface area contributed by atoms with E-state index < -0.39 is 17.7 Å². The van der Waals surface area contributed by atoms with E-state index in [4.69, 9.17) is 4.74 Å². The Morgan fingerprint density at radius 2 is 1.89 bits per heavy atom. The first-order valence-electron chi connectivity index (χ1n) is 9.29. The highest BCUT2D eigenvalue weighted by atomic mass is 32.1. The van der Waals surface area contributed by atoms with Crippen molar-refractivity contribution in [2.24, 2.45) is 0 Å². The molecule has 2 aromatic rings. The summed E-state index contributed by atoms with van der Waals surface area (Å²) in [5.74, 6) is -0.593. The van der Waals surface area contributed by atoms with Crippen molar-refractivity contribution in [3.8, 4) is 5.75 Å². The molecule has 1 saturated heterocycles. The molecule has 1 aliphatic rings. The number of rotatable bonds is 5.